The molecule has 0 spiro atoms. The molecule has 1 saturated heterocycles. The summed E-state index contributed by atoms with van der Waals surface area (Å²) in [6.07, 6.45) is 0. The summed E-state index contributed by atoms with van der Waals surface area (Å²) in [4.78, 5) is 0. The number of thioether (sulfide) groups is 1. The van der Waals surface area contributed by atoms with Crippen LogP contribution in [0.25, 0.3) is 0 Å². The lowest BCUT2D eigenvalue weighted by Crippen LogP contribution is -2.39. The fourth-order valence-electron chi connectivity index (χ4n) is 1.47. The van der Waals surface area contributed by atoms with Crippen LogP contribution < -0.4 is 5.32 Å². The Hall–Kier alpha value is 0.270. The van der Waals surface area contributed by atoms with E-state index >= 15 is 0 Å². The standard InChI is InChI=1S/C6H11NOS/c1-4-5-6(4,8)7-2-3-9-5/h4-5,7-8H,2-3H2,1H3/t4-,5-,6?/m0/s1. The summed E-state index contributed by atoms with van der Waals surface area (Å²) in [5, 5.41) is 13.2. The van der Waals surface area contributed by atoms with Gasteiger partial charge in [-0.25, -0.2) is 0 Å². The van der Waals surface area contributed by atoms with Crippen molar-refractivity contribution in [2.75, 3.05) is 12.3 Å². The monoisotopic (exact) mass is 145 g/mol. The van der Waals surface area contributed by atoms with Crippen LogP contribution in [0.15, 0.2) is 0 Å². The first-order valence-corrected chi connectivity index (χ1v) is 4.39. The Balaban J connectivity index is 2.10. The highest BCUT2D eigenvalue weighted by molar-refractivity contribution is 8.00. The predicted molar refractivity (Wildman–Crippen MR) is 38.4 cm³/mol. The molecular formula is C6H11NOS. The van der Waals surface area contributed by atoms with Gasteiger partial charge in [-0.2, -0.15) is 11.8 Å². The molecule has 52 valence electrons. The molecule has 2 fully saturated rings. The lowest BCUT2D eigenvalue weighted by atomic mass is 10.4. The molecule has 0 bridgehead atoms. The summed E-state index contributed by atoms with van der Waals surface area (Å²) in [7, 11) is 0. The maximum absolute atomic E-state index is 9.59. The van der Waals surface area contributed by atoms with Gasteiger partial charge in [-0.3, -0.25) is 5.32 Å². The van der Waals surface area contributed by atoms with E-state index in [1.54, 1.807) is 0 Å². The first-order chi connectivity index (χ1) is 4.25. The second-order valence-corrected chi connectivity index (χ2v) is 4.08. The van der Waals surface area contributed by atoms with Crippen molar-refractivity contribution in [3.8, 4) is 0 Å². The Kier molecular flexibility index (Phi) is 1.10. The predicted octanol–water partition coefficient (Wildman–Crippen LogP) is 0.0297. The highest BCUT2D eigenvalue weighted by Crippen LogP contribution is 2.51. The zero-order chi connectivity index (χ0) is 6.48. The van der Waals surface area contributed by atoms with Crippen LogP contribution in [0.3, 0.4) is 0 Å². The fraction of sp³-hybridized carbons (Fsp3) is 1.00. The second kappa shape index (κ2) is 1.65. The fourth-order valence-corrected chi connectivity index (χ4v) is 2.92. The summed E-state index contributed by atoms with van der Waals surface area (Å²) in [6.45, 7) is 3.05. The van der Waals surface area contributed by atoms with Crippen molar-refractivity contribution in [1.29, 1.82) is 0 Å². The van der Waals surface area contributed by atoms with Gasteiger partial charge in [0.05, 0.1) is 5.25 Å². The Morgan fingerprint density at radius 2 is 2.56 bits per heavy atom. The molecule has 2 rings (SSSR count). The molecule has 2 aliphatic rings. The third kappa shape index (κ3) is 0.656. The van der Waals surface area contributed by atoms with Crippen LogP contribution >= 0.6 is 11.8 Å². The van der Waals surface area contributed by atoms with Crippen LogP contribution in [0.2, 0.25) is 0 Å². The second-order valence-electron chi connectivity index (χ2n) is 2.83. The highest BCUT2D eigenvalue weighted by atomic mass is 32.2. The number of rotatable bonds is 0. The minimum absolute atomic E-state index is 0.463. The van der Waals surface area contributed by atoms with Gasteiger partial charge >= 0.3 is 0 Å². The molecule has 1 unspecified atom stereocenters. The van der Waals surface area contributed by atoms with Gasteiger partial charge in [0.15, 0.2) is 0 Å². The molecule has 2 N–H and O–H groups in total. The minimum atomic E-state index is -0.483. The van der Waals surface area contributed by atoms with Crippen LogP contribution in [0.1, 0.15) is 6.92 Å². The quantitative estimate of drug-likeness (QED) is 0.504. The average molecular weight is 145 g/mol. The Morgan fingerprint density at radius 1 is 1.78 bits per heavy atom. The van der Waals surface area contributed by atoms with Crippen molar-refractivity contribution in [3.05, 3.63) is 0 Å². The van der Waals surface area contributed by atoms with Gasteiger partial charge in [-0.1, -0.05) is 6.92 Å². The number of hydrogen-bond acceptors (Lipinski definition) is 3. The average Bonchev–Trinajstić information content (AvgIpc) is 2.38. The first-order valence-electron chi connectivity index (χ1n) is 3.34. The summed E-state index contributed by atoms with van der Waals surface area (Å²) in [5.74, 6) is 1.61. The maximum atomic E-state index is 9.59. The number of aliphatic hydroxyl groups is 1. The SMILES string of the molecule is C[C@H]1[C@@H]2SCCNC12O. The van der Waals surface area contributed by atoms with Crippen molar-refractivity contribution in [2.45, 2.75) is 17.9 Å². The van der Waals surface area contributed by atoms with Gasteiger partial charge in [0.2, 0.25) is 0 Å². The molecule has 1 aliphatic carbocycles. The Morgan fingerprint density at radius 3 is 3.00 bits per heavy atom. The van der Waals surface area contributed by atoms with E-state index in [1.807, 2.05) is 11.8 Å². The third-order valence-corrected chi connectivity index (χ3v) is 3.85. The molecule has 0 aromatic carbocycles. The van der Waals surface area contributed by atoms with Gasteiger partial charge in [0.25, 0.3) is 0 Å². The lowest BCUT2D eigenvalue weighted by Gasteiger charge is -2.17. The van der Waals surface area contributed by atoms with Crippen LogP contribution in [0, 0.1) is 5.92 Å². The van der Waals surface area contributed by atoms with Gasteiger partial charge in [0, 0.05) is 18.2 Å². The maximum Gasteiger partial charge on any atom is 0.132 e. The van der Waals surface area contributed by atoms with Crippen molar-refractivity contribution in [2.24, 2.45) is 5.92 Å². The summed E-state index contributed by atoms with van der Waals surface area (Å²) in [5.41, 5.74) is -0.483. The molecule has 9 heavy (non-hydrogen) atoms. The molecule has 0 aromatic heterocycles. The normalized spacial score (nSPS) is 56.7. The Bertz CT molecular complexity index is 141. The van der Waals surface area contributed by atoms with Crippen LogP contribution in [0.5, 0.6) is 0 Å². The zero-order valence-corrected chi connectivity index (χ0v) is 6.24. The zero-order valence-electron chi connectivity index (χ0n) is 5.42. The van der Waals surface area contributed by atoms with Crippen molar-refractivity contribution in [1.82, 2.24) is 5.32 Å². The van der Waals surface area contributed by atoms with E-state index in [9.17, 15) is 5.11 Å². The molecular weight excluding hydrogens is 134 g/mol. The van der Waals surface area contributed by atoms with E-state index in [2.05, 4.69) is 12.2 Å². The largest absolute Gasteiger partial charge is 0.374 e. The molecule has 1 aliphatic heterocycles. The van der Waals surface area contributed by atoms with E-state index in [0.717, 1.165) is 12.3 Å². The van der Waals surface area contributed by atoms with Gasteiger partial charge in [-0.05, 0) is 0 Å². The van der Waals surface area contributed by atoms with E-state index in [-0.39, 0.29) is 0 Å². The Labute approximate surface area is 59.0 Å². The van der Waals surface area contributed by atoms with Gasteiger partial charge < -0.3 is 5.11 Å². The van der Waals surface area contributed by atoms with E-state index < -0.39 is 5.72 Å². The van der Waals surface area contributed by atoms with Gasteiger partial charge in [0.1, 0.15) is 5.72 Å². The van der Waals surface area contributed by atoms with E-state index in [0.29, 0.717) is 11.2 Å². The van der Waals surface area contributed by atoms with Crippen molar-refractivity contribution in [3.63, 3.8) is 0 Å². The highest BCUT2D eigenvalue weighted by Gasteiger charge is 2.62. The molecule has 0 amide bonds. The van der Waals surface area contributed by atoms with E-state index in [4.69, 9.17) is 0 Å². The lowest BCUT2D eigenvalue weighted by molar-refractivity contribution is 0.0984. The summed E-state index contributed by atoms with van der Waals surface area (Å²) >= 11 is 1.89. The molecule has 0 radical (unpaired) electrons. The summed E-state index contributed by atoms with van der Waals surface area (Å²) in [6, 6.07) is 0. The molecule has 2 nitrogen and oxygen atoms in total. The van der Waals surface area contributed by atoms with Crippen molar-refractivity contribution >= 4 is 11.8 Å². The molecule has 1 heterocycles. The van der Waals surface area contributed by atoms with Crippen LogP contribution in [0.4, 0.5) is 0 Å². The number of fused-ring (bicyclic) bond motifs is 1. The molecule has 3 atom stereocenters. The van der Waals surface area contributed by atoms with E-state index in [1.165, 1.54) is 0 Å². The smallest absolute Gasteiger partial charge is 0.132 e. The number of nitrogens with one attached hydrogen (secondary N) is 1. The number of hydrogen-bond donors (Lipinski definition) is 2. The third-order valence-electron chi connectivity index (χ3n) is 2.28. The molecule has 3 heteroatoms. The van der Waals surface area contributed by atoms with Crippen molar-refractivity contribution < 1.29 is 5.11 Å². The molecule has 1 saturated carbocycles. The van der Waals surface area contributed by atoms with Crippen LogP contribution in [-0.2, 0) is 0 Å². The molecule has 0 aromatic rings. The van der Waals surface area contributed by atoms with Crippen LogP contribution in [-0.4, -0.2) is 28.4 Å². The topological polar surface area (TPSA) is 32.3 Å². The minimum Gasteiger partial charge on any atom is -0.374 e. The first kappa shape index (κ1) is 6.01. The summed E-state index contributed by atoms with van der Waals surface area (Å²) < 4.78 is 0. The van der Waals surface area contributed by atoms with Gasteiger partial charge in [-0.15, -0.1) is 0 Å².